The van der Waals surface area contributed by atoms with E-state index in [1.165, 1.54) is 11.3 Å². The van der Waals surface area contributed by atoms with Crippen molar-refractivity contribution in [1.82, 2.24) is 10.6 Å². The van der Waals surface area contributed by atoms with Crippen LogP contribution >= 0.6 is 11.3 Å². The Morgan fingerprint density at radius 2 is 2.10 bits per heavy atom. The smallest absolute Gasteiger partial charge is 0.261 e. The lowest BCUT2D eigenvalue weighted by Gasteiger charge is -2.07. The van der Waals surface area contributed by atoms with Gasteiger partial charge in [-0.1, -0.05) is 25.7 Å². The number of hydrogen-bond acceptors (Lipinski definition) is 4. The zero-order valence-electron chi connectivity index (χ0n) is 12.4. The molecule has 4 N–H and O–H groups in total. The van der Waals surface area contributed by atoms with Crippen LogP contribution in [0, 0.1) is 17.8 Å². The van der Waals surface area contributed by atoms with Gasteiger partial charge >= 0.3 is 0 Å². The average molecular weight is 307 g/mol. The average Bonchev–Trinajstić information content (AvgIpc) is 2.91. The molecule has 0 aliphatic rings. The standard InChI is InChI=1S/C15H21N3O2S/c1-11(2)10-18-14(19)7-9-17-15(20)13-6-5-12(21-13)4-3-8-16/h5-6,11H,7-10,16H2,1-2H3,(H,17,20)(H,18,19). The van der Waals surface area contributed by atoms with Gasteiger partial charge in [-0.2, -0.15) is 0 Å². The Morgan fingerprint density at radius 1 is 1.33 bits per heavy atom. The van der Waals surface area contributed by atoms with E-state index in [9.17, 15) is 9.59 Å². The summed E-state index contributed by atoms with van der Waals surface area (Å²) in [7, 11) is 0. The molecule has 5 nitrogen and oxygen atoms in total. The molecule has 1 rings (SSSR count). The largest absolute Gasteiger partial charge is 0.356 e. The van der Waals surface area contributed by atoms with E-state index in [-0.39, 0.29) is 18.2 Å². The summed E-state index contributed by atoms with van der Waals surface area (Å²) < 4.78 is 0. The molecule has 0 bridgehead atoms. The van der Waals surface area contributed by atoms with Gasteiger partial charge in [0.25, 0.3) is 5.91 Å². The van der Waals surface area contributed by atoms with Gasteiger partial charge in [-0.05, 0) is 18.1 Å². The molecule has 0 aliphatic heterocycles. The summed E-state index contributed by atoms with van der Waals surface area (Å²) in [5.74, 6) is 5.81. The molecular formula is C15H21N3O2S. The quantitative estimate of drug-likeness (QED) is 0.684. The first-order valence-corrected chi connectivity index (χ1v) is 7.68. The van der Waals surface area contributed by atoms with E-state index < -0.39 is 0 Å². The Hall–Kier alpha value is -1.84. The Kier molecular flexibility index (Phi) is 7.51. The van der Waals surface area contributed by atoms with Gasteiger partial charge in [0.15, 0.2) is 0 Å². The van der Waals surface area contributed by atoms with E-state index in [1.807, 2.05) is 13.8 Å². The minimum atomic E-state index is -0.183. The van der Waals surface area contributed by atoms with Crippen LogP contribution < -0.4 is 16.4 Å². The maximum absolute atomic E-state index is 11.9. The summed E-state index contributed by atoms with van der Waals surface area (Å²) >= 11 is 1.31. The van der Waals surface area contributed by atoms with Gasteiger partial charge in [0.05, 0.1) is 16.3 Å². The molecule has 0 unspecified atom stereocenters. The summed E-state index contributed by atoms with van der Waals surface area (Å²) in [6.45, 7) is 5.34. The second kappa shape index (κ2) is 9.16. The maximum atomic E-state index is 11.9. The molecule has 0 aromatic carbocycles. The minimum absolute atomic E-state index is 0.0512. The third-order valence-electron chi connectivity index (χ3n) is 2.49. The third-order valence-corrected chi connectivity index (χ3v) is 3.49. The van der Waals surface area contributed by atoms with Crippen molar-refractivity contribution in [1.29, 1.82) is 0 Å². The monoisotopic (exact) mass is 307 g/mol. The molecule has 0 atom stereocenters. The summed E-state index contributed by atoms with van der Waals surface area (Å²) in [4.78, 5) is 24.8. The number of rotatable bonds is 6. The van der Waals surface area contributed by atoms with Gasteiger partial charge in [0.1, 0.15) is 0 Å². The van der Waals surface area contributed by atoms with Crippen LogP contribution in [0.15, 0.2) is 12.1 Å². The van der Waals surface area contributed by atoms with Crippen LogP contribution in [0.25, 0.3) is 0 Å². The molecule has 0 saturated heterocycles. The predicted octanol–water partition coefficient (Wildman–Crippen LogP) is 0.950. The fourth-order valence-electron chi connectivity index (χ4n) is 1.45. The van der Waals surface area contributed by atoms with Gasteiger partial charge in [-0.25, -0.2) is 0 Å². The highest BCUT2D eigenvalue weighted by Gasteiger charge is 2.09. The maximum Gasteiger partial charge on any atom is 0.261 e. The highest BCUT2D eigenvalue weighted by molar-refractivity contribution is 7.14. The Morgan fingerprint density at radius 3 is 2.76 bits per heavy atom. The summed E-state index contributed by atoms with van der Waals surface area (Å²) in [5.41, 5.74) is 5.29. The predicted molar refractivity (Wildman–Crippen MR) is 85.0 cm³/mol. The van der Waals surface area contributed by atoms with Crippen molar-refractivity contribution in [3.05, 3.63) is 21.9 Å². The second-order valence-electron chi connectivity index (χ2n) is 4.87. The van der Waals surface area contributed by atoms with Gasteiger partial charge in [-0.15, -0.1) is 11.3 Å². The van der Waals surface area contributed by atoms with E-state index in [0.29, 0.717) is 30.4 Å². The fraction of sp³-hybridized carbons (Fsp3) is 0.467. The fourth-order valence-corrected chi connectivity index (χ4v) is 2.25. The van der Waals surface area contributed by atoms with Crippen LogP contribution in [0.1, 0.15) is 34.8 Å². The number of nitrogens with two attached hydrogens (primary N) is 1. The molecule has 1 aromatic heterocycles. The molecule has 1 heterocycles. The summed E-state index contributed by atoms with van der Waals surface area (Å²) in [5, 5.41) is 5.53. The number of nitrogens with one attached hydrogen (secondary N) is 2. The molecule has 0 fully saturated rings. The molecule has 6 heteroatoms. The highest BCUT2D eigenvalue weighted by Crippen LogP contribution is 2.14. The summed E-state index contributed by atoms with van der Waals surface area (Å²) in [6.07, 6.45) is 0.281. The van der Waals surface area contributed by atoms with E-state index in [0.717, 1.165) is 4.88 Å². The van der Waals surface area contributed by atoms with Crippen molar-refractivity contribution < 1.29 is 9.59 Å². The molecule has 0 aliphatic carbocycles. The lowest BCUT2D eigenvalue weighted by atomic mass is 10.2. The Balaban J connectivity index is 2.33. The van der Waals surface area contributed by atoms with Crippen molar-refractivity contribution in [3.8, 4) is 11.8 Å². The van der Waals surface area contributed by atoms with Crippen LogP contribution in [0.5, 0.6) is 0 Å². The first-order chi connectivity index (χ1) is 10.0. The molecular weight excluding hydrogens is 286 g/mol. The molecule has 0 radical (unpaired) electrons. The lowest BCUT2D eigenvalue weighted by molar-refractivity contribution is -0.121. The van der Waals surface area contributed by atoms with Crippen molar-refractivity contribution in [2.24, 2.45) is 11.7 Å². The van der Waals surface area contributed by atoms with Crippen LogP contribution in [0.3, 0.4) is 0 Å². The van der Waals surface area contributed by atoms with Gasteiger partial charge in [0.2, 0.25) is 5.91 Å². The van der Waals surface area contributed by atoms with Crippen molar-refractivity contribution in [2.45, 2.75) is 20.3 Å². The van der Waals surface area contributed by atoms with Gasteiger partial charge < -0.3 is 16.4 Å². The van der Waals surface area contributed by atoms with Crippen LogP contribution in [-0.4, -0.2) is 31.4 Å². The van der Waals surface area contributed by atoms with E-state index in [4.69, 9.17) is 5.73 Å². The Labute approximate surface area is 129 Å². The number of thiophene rings is 1. The zero-order valence-corrected chi connectivity index (χ0v) is 13.2. The van der Waals surface area contributed by atoms with Crippen molar-refractivity contribution in [3.63, 3.8) is 0 Å². The van der Waals surface area contributed by atoms with Crippen LogP contribution in [-0.2, 0) is 4.79 Å². The van der Waals surface area contributed by atoms with E-state index >= 15 is 0 Å². The number of carbonyl (C=O) groups is 2. The normalized spacial score (nSPS) is 9.90. The third kappa shape index (κ3) is 6.93. The molecule has 2 amide bonds. The zero-order chi connectivity index (χ0) is 15.7. The van der Waals surface area contributed by atoms with Crippen LogP contribution in [0.2, 0.25) is 0 Å². The highest BCUT2D eigenvalue weighted by atomic mass is 32.1. The molecule has 0 saturated carbocycles. The second-order valence-corrected chi connectivity index (χ2v) is 5.96. The van der Waals surface area contributed by atoms with Gasteiger partial charge in [-0.3, -0.25) is 9.59 Å². The molecule has 1 aromatic rings. The Bertz CT molecular complexity index is 541. The van der Waals surface area contributed by atoms with E-state index in [2.05, 4.69) is 22.5 Å². The van der Waals surface area contributed by atoms with Crippen molar-refractivity contribution >= 4 is 23.2 Å². The van der Waals surface area contributed by atoms with Crippen molar-refractivity contribution in [2.75, 3.05) is 19.6 Å². The minimum Gasteiger partial charge on any atom is -0.356 e. The summed E-state index contributed by atoms with van der Waals surface area (Å²) in [6, 6.07) is 3.51. The van der Waals surface area contributed by atoms with Crippen LogP contribution in [0.4, 0.5) is 0 Å². The first-order valence-electron chi connectivity index (χ1n) is 6.86. The molecule has 21 heavy (non-hydrogen) atoms. The topological polar surface area (TPSA) is 84.2 Å². The number of amides is 2. The number of hydrogen-bond donors (Lipinski definition) is 3. The number of carbonyl (C=O) groups excluding carboxylic acids is 2. The molecule has 114 valence electrons. The SMILES string of the molecule is CC(C)CNC(=O)CCNC(=O)c1ccc(C#CCN)s1. The van der Waals surface area contributed by atoms with E-state index in [1.54, 1.807) is 12.1 Å². The lowest BCUT2D eigenvalue weighted by Crippen LogP contribution is -2.32. The molecule has 0 spiro atoms. The van der Waals surface area contributed by atoms with Gasteiger partial charge in [0, 0.05) is 19.5 Å². The first kappa shape index (κ1) is 17.2.